The fraction of sp³-hybridized carbons (Fsp3) is 0.671. The molecule has 0 aromatic heterocycles. The Bertz CT molecular complexity index is 2540. The van der Waals surface area contributed by atoms with Crippen LogP contribution in [0, 0.1) is 0 Å². The number of aliphatic hydroxyl groups excluding tert-OH is 1. The number of hydrogen-bond donors (Lipinski definition) is 3. The molecule has 0 rings (SSSR count). The second kappa shape index (κ2) is 76.1. The molecule has 17 nitrogen and oxygen atoms in total. The molecule has 0 fully saturated rings. The Kier molecular flexibility index (Phi) is 72.4. The van der Waals surface area contributed by atoms with Crippen LogP contribution in [0.5, 0.6) is 0 Å². The summed E-state index contributed by atoms with van der Waals surface area (Å²) in [5.41, 5.74) is 0. The van der Waals surface area contributed by atoms with E-state index in [4.69, 9.17) is 37.0 Å². The molecule has 0 aliphatic heterocycles. The van der Waals surface area contributed by atoms with Gasteiger partial charge in [0.05, 0.1) is 26.4 Å². The number of carbonyl (C=O) groups is 4. The van der Waals surface area contributed by atoms with Gasteiger partial charge in [-0.2, -0.15) is 0 Å². The highest BCUT2D eigenvalue weighted by Crippen LogP contribution is 2.45. The van der Waals surface area contributed by atoms with Gasteiger partial charge in [0.15, 0.2) is 12.2 Å². The summed E-state index contributed by atoms with van der Waals surface area (Å²) in [5, 5.41) is 10.6. The van der Waals surface area contributed by atoms with Gasteiger partial charge in [0, 0.05) is 25.7 Å². The van der Waals surface area contributed by atoms with Crippen LogP contribution >= 0.6 is 15.6 Å². The number of carbonyl (C=O) groups excluding carboxylic acids is 4. The van der Waals surface area contributed by atoms with Crippen molar-refractivity contribution in [1.29, 1.82) is 0 Å². The topological polar surface area (TPSA) is 237 Å². The molecule has 0 spiro atoms. The van der Waals surface area contributed by atoms with Gasteiger partial charge in [0.25, 0.3) is 0 Å². The molecule has 0 saturated carbocycles. The number of ether oxygens (including phenoxy) is 4. The van der Waals surface area contributed by atoms with E-state index < -0.39 is 97.5 Å². The first kappa shape index (κ1) is 98.9. The van der Waals surface area contributed by atoms with Crippen LogP contribution in [0.4, 0.5) is 0 Å². The monoisotopic (exact) mass is 1500 g/mol. The Morgan fingerprint density at radius 1 is 0.279 bits per heavy atom. The van der Waals surface area contributed by atoms with Gasteiger partial charge in [-0.25, -0.2) is 9.13 Å². The molecule has 0 heterocycles. The number of aliphatic hydroxyl groups is 1. The van der Waals surface area contributed by atoms with Crippen LogP contribution in [0.3, 0.4) is 0 Å². The summed E-state index contributed by atoms with van der Waals surface area (Å²) >= 11 is 0. The van der Waals surface area contributed by atoms with Gasteiger partial charge >= 0.3 is 39.5 Å². The number of esters is 4. The van der Waals surface area contributed by atoms with Gasteiger partial charge in [-0.3, -0.25) is 37.3 Å². The number of allylic oxidation sites excluding steroid dienone is 24. The summed E-state index contributed by atoms with van der Waals surface area (Å²) in [6.45, 7) is 4.44. The minimum Gasteiger partial charge on any atom is -0.462 e. The lowest BCUT2D eigenvalue weighted by Gasteiger charge is -2.21. The summed E-state index contributed by atoms with van der Waals surface area (Å²) < 4.78 is 68.6. The Balaban J connectivity index is 5.44. The third-order valence-corrected chi connectivity index (χ3v) is 18.2. The van der Waals surface area contributed by atoms with E-state index in [0.29, 0.717) is 25.7 Å². The van der Waals surface area contributed by atoms with Crippen molar-refractivity contribution in [2.24, 2.45) is 0 Å². The van der Waals surface area contributed by atoms with Gasteiger partial charge in [-0.1, -0.05) is 289 Å². The van der Waals surface area contributed by atoms with Crippen molar-refractivity contribution in [3.63, 3.8) is 0 Å². The van der Waals surface area contributed by atoms with Crippen molar-refractivity contribution < 1.29 is 80.2 Å². The minimum atomic E-state index is -5.00. The van der Waals surface area contributed by atoms with E-state index in [9.17, 15) is 43.2 Å². The van der Waals surface area contributed by atoms with E-state index in [1.165, 1.54) is 64.2 Å². The van der Waals surface area contributed by atoms with E-state index in [0.717, 1.165) is 167 Å². The molecule has 0 aliphatic rings. The maximum Gasteiger partial charge on any atom is 0.472 e. The van der Waals surface area contributed by atoms with Crippen LogP contribution in [-0.4, -0.2) is 96.7 Å². The Labute approximate surface area is 630 Å². The van der Waals surface area contributed by atoms with Crippen LogP contribution in [0.1, 0.15) is 310 Å². The molecule has 19 heteroatoms. The molecule has 0 radical (unpaired) electrons. The maximum atomic E-state index is 13.1. The molecule has 0 aromatic rings. The molecule has 5 unspecified atom stereocenters. The summed E-state index contributed by atoms with van der Waals surface area (Å²) in [6.07, 6.45) is 86.9. The second-order valence-electron chi connectivity index (χ2n) is 26.2. The predicted octanol–water partition coefficient (Wildman–Crippen LogP) is 23.4. The quantitative estimate of drug-likeness (QED) is 0.0169. The molecule has 0 bridgehead atoms. The highest BCUT2D eigenvalue weighted by molar-refractivity contribution is 7.47. The van der Waals surface area contributed by atoms with E-state index in [2.05, 4.69) is 174 Å². The molecule has 0 aromatic carbocycles. The normalized spacial score (nSPS) is 14.6. The zero-order valence-electron chi connectivity index (χ0n) is 64.9. The van der Waals surface area contributed by atoms with Gasteiger partial charge in [0.1, 0.15) is 19.3 Å². The molecular weight excluding hydrogens is 1350 g/mol. The van der Waals surface area contributed by atoms with Gasteiger partial charge in [-0.05, 0) is 141 Å². The largest absolute Gasteiger partial charge is 0.472 e. The van der Waals surface area contributed by atoms with Crippen molar-refractivity contribution in [1.82, 2.24) is 0 Å². The number of phosphoric ester groups is 2. The van der Waals surface area contributed by atoms with Gasteiger partial charge in [-0.15, -0.1) is 0 Å². The minimum absolute atomic E-state index is 0.0620. The molecule has 104 heavy (non-hydrogen) atoms. The van der Waals surface area contributed by atoms with Crippen LogP contribution in [0.2, 0.25) is 0 Å². The second-order valence-corrected chi connectivity index (χ2v) is 29.1. The third-order valence-electron chi connectivity index (χ3n) is 16.3. The molecule has 0 amide bonds. The SMILES string of the molecule is CC/C=C\C/C=C\C/C=C\C/C=C\C/C=C\CCCCCC(=O)OCC(COP(=O)(O)OCC(O)COP(=O)(O)OCC(COC(=O)CCCC/C=C\C/C=C\C/C=C\C/C=C\CC)OC(=O)CCCCCCC/C=C\C/C=C\C/C=C\CC)OC(=O)CCCCCCCCCCCCCCCCC. The Hall–Kier alpha value is -5.06. The van der Waals surface area contributed by atoms with Crippen molar-refractivity contribution in [3.8, 4) is 0 Å². The van der Waals surface area contributed by atoms with E-state index >= 15 is 0 Å². The van der Waals surface area contributed by atoms with Crippen LogP contribution < -0.4 is 0 Å². The van der Waals surface area contributed by atoms with Gasteiger partial charge in [0.2, 0.25) is 0 Å². The highest BCUT2D eigenvalue weighted by atomic mass is 31.2. The summed E-state index contributed by atoms with van der Waals surface area (Å²) in [4.78, 5) is 73.0. The first-order valence-corrected chi connectivity index (χ1v) is 43.1. The maximum absolute atomic E-state index is 13.1. The smallest absolute Gasteiger partial charge is 0.462 e. The fourth-order valence-electron chi connectivity index (χ4n) is 10.3. The van der Waals surface area contributed by atoms with E-state index in [1.54, 1.807) is 0 Å². The first-order chi connectivity index (χ1) is 50.7. The highest BCUT2D eigenvalue weighted by Gasteiger charge is 2.30. The summed E-state index contributed by atoms with van der Waals surface area (Å²) in [5.74, 6) is -2.28. The van der Waals surface area contributed by atoms with Crippen LogP contribution in [0.25, 0.3) is 0 Å². The van der Waals surface area contributed by atoms with Crippen molar-refractivity contribution >= 4 is 39.5 Å². The van der Waals surface area contributed by atoms with Crippen molar-refractivity contribution in [2.75, 3.05) is 39.6 Å². The number of unbranched alkanes of at least 4 members (excludes halogenated alkanes) is 24. The van der Waals surface area contributed by atoms with Crippen LogP contribution in [0.15, 0.2) is 146 Å². The lowest BCUT2D eigenvalue weighted by molar-refractivity contribution is -0.161. The van der Waals surface area contributed by atoms with Crippen molar-refractivity contribution in [2.45, 2.75) is 329 Å². The lowest BCUT2D eigenvalue weighted by Crippen LogP contribution is -2.30. The zero-order valence-corrected chi connectivity index (χ0v) is 66.7. The van der Waals surface area contributed by atoms with Gasteiger partial charge < -0.3 is 33.8 Å². The number of hydrogen-bond acceptors (Lipinski definition) is 15. The Morgan fingerprint density at radius 3 is 0.798 bits per heavy atom. The molecule has 0 aliphatic carbocycles. The van der Waals surface area contributed by atoms with Crippen molar-refractivity contribution in [3.05, 3.63) is 146 Å². The van der Waals surface area contributed by atoms with E-state index in [1.807, 2.05) is 0 Å². The molecule has 5 atom stereocenters. The molecule has 594 valence electrons. The third kappa shape index (κ3) is 75.2. The first-order valence-electron chi connectivity index (χ1n) is 40.1. The molecule has 3 N–H and O–H groups in total. The average molecular weight is 1500 g/mol. The number of phosphoric acid groups is 2. The summed E-state index contributed by atoms with van der Waals surface area (Å²) in [6, 6.07) is 0. The van der Waals surface area contributed by atoms with E-state index in [-0.39, 0.29) is 25.7 Å². The Morgan fingerprint density at radius 2 is 0.500 bits per heavy atom. The predicted molar refractivity (Wildman–Crippen MR) is 427 cm³/mol. The fourth-order valence-corrected chi connectivity index (χ4v) is 11.9. The number of rotatable bonds is 74. The zero-order chi connectivity index (χ0) is 76.0. The molecule has 0 saturated heterocycles. The summed E-state index contributed by atoms with van der Waals surface area (Å²) in [7, 11) is -9.99. The average Bonchev–Trinajstić information content (AvgIpc) is 0.918. The standard InChI is InChI=1S/C85H142O17P2/c1-5-9-13-17-21-25-29-33-37-38-39-40-44-46-50-54-58-62-66-70-83(88)96-76-81(102-85(90)72-68-64-60-56-52-48-43-36-32-28-24-20-16-12-8-4)78-100-104(93,94)98-74-79(86)73-97-103(91,92)99-77-80(101-84(89)71-67-63-59-55-51-47-42-35-31-27-23-19-15-11-7-3)75-95-82(87)69-65-61-57-53-49-45-41-34-30-26-22-18-14-10-6-2/h9-11,13-15,21-23,25-27,33-35,37,39-42,46,49-50,53,79-81,86H,5-8,12,16-20,24,28-32,36,38,43-45,47-48,51-52,54-78H2,1-4H3,(H,91,92)(H,93,94)/b13-9-,14-10-,15-11-,25-21-,26-22-,27-23-,37-33-,40-39-,41-34-,42-35-,50-46-,53-49-. The van der Waals surface area contributed by atoms with Crippen LogP contribution in [-0.2, 0) is 65.4 Å². The molecular formula is C85H142O17P2. The lowest BCUT2D eigenvalue weighted by atomic mass is 10.0.